The zero-order valence-corrected chi connectivity index (χ0v) is 16.3. The average Bonchev–Trinajstić information content (AvgIpc) is 3.19. The van der Waals surface area contributed by atoms with Crippen LogP contribution in [0.4, 0.5) is 5.00 Å². The van der Waals surface area contributed by atoms with Crippen LogP contribution in [0.25, 0.3) is 0 Å². The molecular formula is C21H20N2O4S. The van der Waals surface area contributed by atoms with E-state index in [9.17, 15) is 14.4 Å². The highest BCUT2D eigenvalue weighted by Gasteiger charge is 2.50. The fourth-order valence-electron chi connectivity index (χ4n) is 4.44. The molecule has 3 aliphatic rings. The highest BCUT2D eigenvalue weighted by atomic mass is 32.1. The average molecular weight is 396 g/mol. The lowest BCUT2D eigenvalue weighted by Crippen LogP contribution is -2.59. The maximum atomic E-state index is 12.8. The van der Waals surface area contributed by atoms with Gasteiger partial charge in [-0.1, -0.05) is 18.2 Å². The lowest BCUT2D eigenvalue weighted by molar-refractivity contribution is -0.117. The molecule has 1 aliphatic carbocycles. The molecule has 0 radical (unpaired) electrons. The molecule has 0 saturated carbocycles. The summed E-state index contributed by atoms with van der Waals surface area (Å²) in [7, 11) is 0. The number of rotatable bonds is 2. The number of nitrogens with zero attached hydrogens (tertiary/aromatic N) is 1. The predicted molar refractivity (Wildman–Crippen MR) is 105 cm³/mol. The van der Waals surface area contributed by atoms with E-state index in [1.807, 2.05) is 25.1 Å². The van der Waals surface area contributed by atoms with E-state index >= 15 is 0 Å². The Balaban J connectivity index is 1.42. The first-order valence-corrected chi connectivity index (χ1v) is 10.3. The van der Waals surface area contributed by atoms with Crippen molar-refractivity contribution >= 4 is 34.1 Å². The van der Waals surface area contributed by atoms with Gasteiger partial charge < -0.3 is 10.1 Å². The first-order chi connectivity index (χ1) is 13.5. The van der Waals surface area contributed by atoms with E-state index in [2.05, 4.69) is 5.32 Å². The van der Waals surface area contributed by atoms with Crippen molar-refractivity contribution in [1.82, 2.24) is 5.32 Å². The molecule has 7 heteroatoms. The van der Waals surface area contributed by atoms with E-state index in [1.165, 1.54) is 11.3 Å². The summed E-state index contributed by atoms with van der Waals surface area (Å²) in [6.07, 6.45) is 2.77. The van der Waals surface area contributed by atoms with Gasteiger partial charge in [0.05, 0.1) is 11.1 Å². The van der Waals surface area contributed by atoms with Gasteiger partial charge in [-0.2, -0.15) is 0 Å². The maximum Gasteiger partial charge on any atom is 0.338 e. The number of hydrogen-bond donors (Lipinski definition) is 1. The molecule has 6 nitrogen and oxygen atoms in total. The van der Waals surface area contributed by atoms with Crippen molar-refractivity contribution in [2.75, 3.05) is 4.90 Å². The van der Waals surface area contributed by atoms with Crippen LogP contribution in [0.1, 0.15) is 57.3 Å². The Kier molecular flexibility index (Phi) is 3.84. The summed E-state index contributed by atoms with van der Waals surface area (Å²) in [5.41, 5.74) is 1.55. The summed E-state index contributed by atoms with van der Waals surface area (Å²) >= 11 is 1.50. The molecule has 1 N–H and O–H groups in total. The van der Waals surface area contributed by atoms with Crippen molar-refractivity contribution in [2.24, 2.45) is 0 Å². The largest absolute Gasteiger partial charge is 0.458 e. The number of fused-ring (bicyclic) bond motifs is 5. The van der Waals surface area contributed by atoms with Crippen molar-refractivity contribution in [2.45, 2.75) is 50.8 Å². The van der Waals surface area contributed by atoms with Crippen LogP contribution in [0, 0.1) is 0 Å². The minimum Gasteiger partial charge on any atom is -0.458 e. The number of anilines is 1. The molecule has 2 aromatic rings. The van der Waals surface area contributed by atoms with Gasteiger partial charge in [0.1, 0.15) is 16.8 Å². The predicted octanol–water partition coefficient (Wildman–Crippen LogP) is 3.05. The second kappa shape index (κ2) is 6.17. The summed E-state index contributed by atoms with van der Waals surface area (Å²) < 4.78 is 5.71. The third-order valence-electron chi connectivity index (χ3n) is 5.87. The van der Waals surface area contributed by atoms with E-state index < -0.39 is 5.66 Å². The number of amides is 2. The summed E-state index contributed by atoms with van der Waals surface area (Å²) in [5.74, 6) is -0.370. The Morgan fingerprint density at radius 3 is 2.82 bits per heavy atom. The van der Waals surface area contributed by atoms with Gasteiger partial charge in [-0.3, -0.25) is 14.5 Å². The number of thiophene rings is 1. The molecule has 3 heterocycles. The van der Waals surface area contributed by atoms with Gasteiger partial charge in [0.2, 0.25) is 5.91 Å². The van der Waals surface area contributed by atoms with Crippen molar-refractivity contribution in [3.8, 4) is 0 Å². The molecule has 144 valence electrons. The van der Waals surface area contributed by atoms with E-state index in [-0.39, 0.29) is 23.9 Å². The molecule has 2 atom stereocenters. The Morgan fingerprint density at radius 1 is 1.25 bits per heavy atom. The van der Waals surface area contributed by atoms with Crippen molar-refractivity contribution in [3.63, 3.8) is 0 Å². The molecule has 1 aromatic heterocycles. The third-order valence-corrected chi connectivity index (χ3v) is 7.11. The molecule has 2 aliphatic heterocycles. The second-order valence-corrected chi connectivity index (χ2v) is 8.86. The number of carbonyl (C=O) groups excluding carboxylic acids is 3. The van der Waals surface area contributed by atoms with E-state index in [0.717, 1.165) is 15.4 Å². The molecule has 5 rings (SSSR count). The number of hydrogen-bond acceptors (Lipinski definition) is 5. The highest BCUT2D eigenvalue weighted by molar-refractivity contribution is 7.17. The quantitative estimate of drug-likeness (QED) is 0.792. The Morgan fingerprint density at radius 2 is 2.04 bits per heavy atom. The lowest BCUT2D eigenvalue weighted by Gasteiger charge is -2.39. The fourth-order valence-corrected chi connectivity index (χ4v) is 5.98. The smallest absolute Gasteiger partial charge is 0.338 e. The molecule has 2 unspecified atom stereocenters. The van der Waals surface area contributed by atoms with Crippen LogP contribution in [0.5, 0.6) is 0 Å². The third kappa shape index (κ3) is 2.57. The van der Waals surface area contributed by atoms with Crippen LogP contribution in [-0.4, -0.2) is 29.6 Å². The van der Waals surface area contributed by atoms with Crippen molar-refractivity contribution < 1.29 is 19.1 Å². The first kappa shape index (κ1) is 17.4. The molecule has 1 aromatic carbocycles. The van der Waals surface area contributed by atoms with Gasteiger partial charge in [-0.15, -0.1) is 11.3 Å². The van der Waals surface area contributed by atoms with Gasteiger partial charge >= 0.3 is 5.97 Å². The van der Waals surface area contributed by atoms with Gasteiger partial charge in [-0.05, 0) is 43.9 Å². The Labute approximate surface area is 166 Å². The first-order valence-electron chi connectivity index (χ1n) is 9.52. The second-order valence-electron chi connectivity index (χ2n) is 7.78. The number of benzene rings is 1. The molecular weight excluding hydrogens is 376 g/mol. The van der Waals surface area contributed by atoms with Crippen molar-refractivity contribution in [3.05, 3.63) is 51.9 Å². The standard InChI is InChI=1S/C21H20N2O4S/c1-21-10-9-16(24)23(21)19-17(18(25)22-21)14-8-7-13(11-15(14)28-19)27-20(26)12-5-3-2-4-6-12/h2-6,13H,7-11H2,1H3,(H,22,25). The Hall–Kier alpha value is -2.67. The zero-order chi connectivity index (χ0) is 19.5. The van der Waals surface area contributed by atoms with Crippen LogP contribution in [0.3, 0.4) is 0 Å². The van der Waals surface area contributed by atoms with E-state index in [4.69, 9.17) is 4.74 Å². The lowest BCUT2D eigenvalue weighted by atomic mass is 9.91. The summed E-state index contributed by atoms with van der Waals surface area (Å²) in [4.78, 5) is 40.4. The molecule has 2 amide bonds. The molecule has 28 heavy (non-hydrogen) atoms. The van der Waals surface area contributed by atoms with E-state index in [0.29, 0.717) is 43.2 Å². The van der Waals surface area contributed by atoms with Crippen LogP contribution >= 0.6 is 11.3 Å². The maximum absolute atomic E-state index is 12.8. The van der Waals surface area contributed by atoms with Gasteiger partial charge in [0, 0.05) is 17.7 Å². The summed E-state index contributed by atoms with van der Waals surface area (Å²) in [5, 5.41) is 3.79. The zero-order valence-electron chi connectivity index (χ0n) is 15.5. The van der Waals surface area contributed by atoms with Crippen LogP contribution < -0.4 is 10.2 Å². The number of ether oxygens (including phenoxy) is 1. The number of nitrogens with one attached hydrogen (secondary N) is 1. The van der Waals surface area contributed by atoms with Gasteiger partial charge in [0.25, 0.3) is 5.91 Å². The number of esters is 1. The number of carbonyl (C=O) groups is 3. The topological polar surface area (TPSA) is 75.7 Å². The minimum absolute atomic E-state index is 0.0504. The summed E-state index contributed by atoms with van der Waals surface area (Å²) in [6.45, 7) is 1.90. The molecule has 1 fully saturated rings. The van der Waals surface area contributed by atoms with Gasteiger partial charge in [0.15, 0.2) is 0 Å². The van der Waals surface area contributed by atoms with Crippen LogP contribution in [0.15, 0.2) is 30.3 Å². The summed E-state index contributed by atoms with van der Waals surface area (Å²) in [6, 6.07) is 8.96. The molecule has 0 spiro atoms. The van der Waals surface area contributed by atoms with Crippen molar-refractivity contribution in [1.29, 1.82) is 0 Å². The normalized spacial score (nSPS) is 25.6. The SMILES string of the molecule is CC12CCC(=O)N1c1sc3c(c1C(=O)N2)CCC(OC(=O)c1ccccc1)C3. The van der Waals surface area contributed by atoms with Crippen LogP contribution in [-0.2, 0) is 22.4 Å². The minimum atomic E-state index is -0.631. The highest BCUT2D eigenvalue weighted by Crippen LogP contribution is 2.47. The van der Waals surface area contributed by atoms with E-state index in [1.54, 1.807) is 17.0 Å². The monoisotopic (exact) mass is 396 g/mol. The van der Waals surface area contributed by atoms with Gasteiger partial charge in [-0.25, -0.2) is 4.79 Å². The fraction of sp³-hybridized carbons (Fsp3) is 0.381. The molecule has 1 saturated heterocycles. The Bertz CT molecular complexity index is 999. The molecule has 0 bridgehead atoms. The van der Waals surface area contributed by atoms with Crippen LogP contribution in [0.2, 0.25) is 0 Å².